The van der Waals surface area contributed by atoms with E-state index in [9.17, 15) is 9.59 Å². The minimum atomic E-state index is -1.27. The SMILES string of the molecule is CC(C)=COc1ccc(-c2ccc(C(=O)O)c(C(=O)O)c2)cc1. The fourth-order valence-electron chi connectivity index (χ4n) is 2.00. The first-order valence-electron chi connectivity index (χ1n) is 6.89. The van der Waals surface area contributed by atoms with Crippen molar-refractivity contribution >= 4 is 11.9 Å². The second kappa shape index (κ2) is 6.79. The number of rotatable bonds is 5. The molecule has 2 N–H and O–H groups in total. The van der Waals surface area contributed by atoms with Crippen molar-refractivity contribution in [3.8, 4) is 16.9 Å². The summed E-state index contributed by atoms with van der Waals surface area (Å²) in [5, 5.41) is 18.2. The van der Waals surface area contributed by atoms with Crippen LogP contribution in [0.5, 0.6) is 5.75 Å². The molecule has 0 saturated carbocycles. The Morgan fingerprint density at radius 2 is 1.43 bits per heavy atom. The number of ether oxygens (including phenoxy) is 1. The van der Waals surface area contributed by atoms with Crippen LogP contribution in [0, 0.1) is 0 Å². The van der Waals surface area contributed by atoms with E-state index in [0.29, 0.717) is 11.3 Å². The minimum Gasteiger partial charge on any atom is -0.478 e. The molecule has 0 unspecified atom stereocenters. The second-order valence-corrected chi connectivity index (χ2v) is 5.21. The fourth-order valence-corrected chi connectivity index (χ4v) is 2.00. The monoisotopic (exact) mass is 312 g/mol. The van der Waals surface area contributed by atoms with E-state index in [4.69, 9.17) is 14.9 Å². The standard InChI is InChI=1S/C18H16O5/c1-11(2)10-23-14-6-3-12(4-7-14)13-5-8-15(17(19)20)16(9-13)18(21)22/h3-10H,1-2H3,(H,19,20)(H,21,22). The maximum atomic E-state index is 11.2. The topological polar surface area (TPSA) is 83.8 Å². The largest absolute Gasteiger partial charge is 0.478 e. The van der Waals surface area contributed by atoms with Gasteiger partial charge in [0.15, 0.2) is 0 Å². The Bertz CT molecular complexity index is 768. The van der Waals surface area contributed by atoms with Crippen LogP contribution in [0.4, 0.5) is 0 Å². The lowest BCUT2D eigenvalue weighted by molar-refractivity contribution is 0.0651. The lowest BCUT2D eigenvalue weighted by Crippen LogP contribution is -2.07. The highest BCUT2D eigenvalue weighted by atomic mass is 16.5. The average Bonchev–Trinajstić information content (AvgIpc) is 2.52. The highest BCUT2D eigenvalue weighted by molar-refractivity contribution is 6.02. The van der Waals surface area contributed by atoms with E-state index >= 15 is 0 Å². The second-order valence-electron chi connectivity index (χ2n) is 5.21. The maximum absolute atomic E-state index is 11.2. The Labute approximate surface area is 133 Å². The molecule has 0 atom stereocenters. The molecule has 5 heteroatoms. The summed E-state index contributed by atoms with van der Waals surface area (Å²) in [5.74, 6) is -1.87. The van der Waals surface area contributed by atoms with Gasteiger partial charge in [0.25, 0.3) is 0 Å². The zero-order valence-corrected chi connectivity index (χ0v) is 12.7. The zero-order valence-electron chi connectivity index (χ0n) is 12.7. The number of carboxylic acid groups (broad SMARTS) is 2. The maximum Gasteiger partial charge on any atom is 0.336 e. The smallest absolute Gasteiger partial charge is 0.336 e. The predicted molar refractivity (Wildman–Crippen MR) is 85.9 cm³/mol. The molecule has 0 saturated heterocycles. The Hall–Kier alpha value is -3.08. The van der Waals surface area contributed by atoms with Gasteiger partial charge in [-0.25, -0.2) is 9.59 Å². The van der Waals surface area contributed by atoms with E-state index in [-0.39, 0.29) is 11.1 Å². The molecular weight excluding hydrogens is 296 g/mol. The Balaban J connectivity index is 2.35. The van der Waals surface area contributed by atoms with E-state index in [1.165, 1.54) is 12.1 Å². The van der Waals surface area contributed by atoms with Crippen LogP contribution < -0.4 is 4.74 Å². The van der Waals surface area contributed by atoms with E-state index < -0.39 is 11.9 Å². The molecule has 2 aromatic rings. The molecule has 23 heavy (non-hydrogen) atoms. The lowest BCUT2D eigenvalue weighted by atomic mass is 9.99. The van der Waals surface area contributed by atoms with Crippen LogP contribution >= 0.6 is 0 Å². The van der Waals surface area contributed by atoms with Gasteiger partial charge in [-0.2, -0.15) is 0 Å². The summed E-state index contributed by atoms with van der Waals surface area (Å²) in [4.78, 5) is 22.3. The van der Waals surface area contributed by atoms with Crippen molar-refractivity contribution in [2.24, 2.45) is 0 Å². The van der Waals surface area contributed by atoms with Gasteiger partial charge < -0.3 is 14.9 Å². The van der Waals surface area contributed by atoms with Crippen LogP contribution in [0.2, 0.25) is 0 Å². The molecule has 5 nitrogen and oxygen atoms in total. The number of hydrogen-bond donors (Lipinski definition) is 2. The third-order valence-corrected chi connectivity index (χ3v) is 3.10. The number of carbonyl (C=O) groups is 2. The van der Waals surface area contributed by atoms with Gasteiger partial charge in [-0.3, -0.25) is 0 Å². The number of carboxylic acids is 2. The first kappa shape index (κ1) is 16.3. The van der Waals surface area contributed by atoms with E-state index in [2.05, 4.69) is 0 Å². The van der Waals surface area contributed by atoms with Gasteiger partial charge in [0.2, 0.25) is 0 Å². The quantitative estimate of drug-likeness (QED) is 0.814. The van der Waals surface area contributed by atoms with Crippen molar-refractivity contribution in [1.82, 2.24) is 0 Å². The first-order chi connectivity index (χ1) is 10.9. The van der Waals surface area contributed by atoms with Gasteiger partial charge in [-0.15, -0.1) is 0 Å². The summed E-state index contributed by atoms with van der Waals surface area (Å²) in [5.41, 5.74) is 1.96. The molecule has 0 spiro atoms. The zero-order chi connectivity index (χ0) is 17.0. The van der Waals surface area contributed by atoms with Gasteiger partial charge in [0.1, 0.15) is 5.75 Å². The summed E-state index contributed by atoms with van der Waals surface area (Å²) in [7, 11) is 0. The van der Waals surface area contributed by atoms with Gasteiger partial charge in [-0.1, -0.05) is 18.2 Å². The van der Waals surface area contributed by atoms with Gasteiger partial charge >= 0.3 is 11.9 Å². The minimum absolute atomic E-state index is 0.232. The molecule has 0 radical (unpaired) electrons. The third kappa shape index (κ3) is 3.97. The molecule has 0 fully saturated rings. The number of allylic oxidation sites excluding steroid dienone is 1. The third-order valence-electron chi connectivity index (χ3n) is 3.10. The van der Waals surface area contributed by atoms with Gasteiger partial charge in [0, 0.05) is 0 Å². The Morgan fingerprint density at radius 1 is 0.870 bits per heavy atom. The Kier molecular flexibility index (Phi) is 4.81. The molecule has 2 aromatic carbocycles. The van der Waals surface area contributed by atoms with Crippen LogP contribution in [-0.2, 0) is 0 Å². The van der Waals surface area contributed by atoms with Crippen molar-refractivity contribution in [2.75, 3.05) is 0 Å². The highest BCUT2D eigenvalue weighted by Crippen LogP contribution is 2.25. The van der Waals surface area contributed by atoms with Crippen molar-refractivity contribution in [3.63, 3.8) is 0 Å². The Morgan fingerprint density at radius 3 is 1.96 bits per heavy atom. The predicted octanol–water partition coefficient (Wildman–Crippen LogP) is 4.05. The highest BCUT2D eigenvalue weighted by Gasteiger charge is 2.16. The summed E-state index contributed by atoms with van der Waals surface area (Å²) in [6.45, 7) is 3.84. The van der Waals surface area contributed by atoms with Crippen molar-refractivity contribution in [1.29, 1.82) is 0 Å². The molecule has 0 aromatic heterocycles. The molecule has 0 bridgehead atoms. The van der Waals surface area contributed by atoms with Crippen molar-refractivity contribution in [3.05, 3.63) is 65.4 Å². The van der Waals surface area contributed by atoms with E-state index in [0.717, 1.165) is 11.1 Å². The number of aromatic carboxylic acids is 2. The van der Waals surface area contributed by atoms with Crippen LogP contribution in [0.3, 0.4) is 0 Å². The molecule has 0 aliphatic carbocycles. The van der Waals surface area contributed by atoms with Crippen molar-refractivity contribution < 1.29 is 24.5 Å². The molecule has 118 valence electrons. The molecular formula is C18H16O5. The summed E-state index contributed by atoms with van der Waals surface area (Å²) in [6, 6.07) is 11.3. The average molecular weight is 312 g/mol. The number of hydrogen-bond acceptors (Lipinski definition) is 3. The molecule has 0 heterocycles. The summed E-state index contributed by atoms with van der Waals surface area (Å²) in [6.07, 6.45) is 1.64. The van der Waals surface area contributed by atoms with Crippen LogP contribution in [0.1, 0.15) is 34.6 Å². The first-order valence-corrected chi connectivity index (χ1v) is 6.89. The lowest BCUT2D eigenvalue weighted by Gasteiger charge is -2.07. The van der Waals surface area contributed by atoms with Gasteiger partial charge in [0.05, 0.1) is 17.4 Å². The van der Waals surface area contributed by atoms with E-state index in [1.807, 2.05) is 13.8 Å². The van der Waals surface area contributed by atoms with E-state index in [1.54, 1.807) is 36.6 Å². The van der Waals surface area contributed by atoms with Gasteiger partial charge in [-0.05, 0) is 54.8 Å². The van der Waals surface area contributed by atoms with Crippen molar-refractivity contribution in [2.45, 2.75) is 13.8 Å². The summed E-state index contributed by atoms with van der Waals surface area (Å²) < 4.78 is 5.44. The molecule has 0 amide bonds. The molecule has 0 aliphatic heterocycles. The fraction of sp³-hybridized carbons (Fsp3) is 0.111. The molecule has 2 rings (SSSR count). The van der Waals surface area contributed by atoms with Crippen LogP contribution in [-0.4, -0.2) is 22.2 Å². The molecule has 0 aliphatic rings. The van der Waals surface area contributed by atoms with Crippen LogP contribution in [0.25, 0.3) is 11.1 Å². The number of benzene rings is 2. The van der Waals surface area contributed by atoms with Crippen LogP contribution in [0.15, 0.2) is 54.3 Å². The summed E-state index contributed by atoms with van der Waals surface area (Å²) >= 11 is 0. The normalized spacial score (nSPS) is 10.0.